The van der Waals surface area contributed by atoms with Crippen molar-refractivity contribution in [2.75, 3.05) is 18.8 Å². The fourth-order valence-electron chi connectivity index (χ4n) is 2.10. The number of thiophene rings is 1. The lowest BCUT2D eigenvalue weighted by Crippen LogP contribution is -2.38. The Balaban J connectivity index is 2.47. The molecule has 0 radical (unpaired) electrons. The van der Waals surface area contributed by atoms with Crippen LogP contribution in [0.15, 0.2) is 18.2 Å². The van der Waals surface area contributed by atoms with Gasteiger partial charge in [0.15, 0.2) is 0 Å². The molecule has 2 amide bonds. The molecule has 0 spiro atoms. The molecule has 1 aromatic heterocycles. The van der Waals surface area contributed by atoms with Gasteiger partial charge in [-0.1, -0.05) is 18.2 Å². The minimum absolute atomic E-state index is 0.0952. The van der Waals surface area contributed by atoms with Crippen LogP contribution in [0, 0.1) is 6.92 Å². The molecule has 6 heteroatoms. The summed E-state index contributed by atoms with van der Waals surface area (Å²) in [5.41, 5.74) is 12.8. The smallest absolute Gasteiger partial charge is 0.266 e. The van der Waals surface area contributed by atoms with E-state index in [9.17, 15) is 9.59 Å². The summed E-state index contributed by atoms with van der Waals surface area (Å²) < 4.78 is 1.00. The number of amides is 2. The number of anilines is 1. The van der Waals surface area contributed by atoms with Gasteiger partial charge in [0.25, 0.3) is 5.91 Å². The van der Waals surface area contributed by atoms with Crippen LogP contribution in [0.25, 0.3) is 10.1 Å². The molecule has 0 aliphatic rings. The highest BCUT2D eigenvalue weighted by molar-refractivity contribution is 7.21. The number of nitrogen functional groups attached to an aromatic ring is 1. The van der Waals surface area contributed by atoms with Gasteiger partial charge in [0.05, 0.1) is 12.2 Å². The van der Waals surface area contributed by atoms with E-state index in [-0.39, 0.29) is 12.5 Å². The lowest BCUT2D eigenvalue weighted by Gasteiger charge is -2.18. The maximum absolute atomic E-state index is 12.5. The molecule has 2 aromatic rings. The van der Waals surface area contributed by atoms with Crippen LogP contribution in [0.5, 0.6) is 0 Å². The Morgan fingerprint density at radius 1 is 1.35 bits per heavy atom. The molecule has 0 bridgehead atoms. The van der Waals surface area contributed by atoms with Crippen LogP contribution in [-0.4, -0.2) is 29.8 Å². The van der Waals surface area contributed by atoms with Crippen LogP contribution < -0.4 is 11.5 Å². The quantitative estimate of drug-likeness (QED) is 0.899. The summed E-state index contributed by atoms with van der Waals surface area (Å²) in [6, 6.07) is 5.79. The van der Waals surface area contributed by atoms with Crippen molar-refractivity contribution in [3.63, 3.8) is 0 Å². The predicted molar refractivity (Wildman–Crippen MR) is 81.7 cm³/mol. The summed E-state index contributed by atoms with van der Waals surface area (Å²) in [6.07, 6.45) is 0. The molecule has 20 heavy (non-hydrogen) atoms. The van der Waals surface area contributed by atoms with Crippen LogP contribution in [0.1, 0.15) is 22.2 Å². The normalized spacial score (nSPS) is 10.7. The first-order valence-electron chi connectivity index (χ1n) is 6.30. The van der Waals surface area contributed by atoms with Gasteiger partial charge in [0.1, 0.15) is 4.88 Å². The summed E-state index contributed by atoms with van der Waals surface area (Å²) in [5, 5.41) is 0.883. The Bertz CT molecular complexity index is 678. The van der Waals surface area contributed by atoms with Crippen LogP contribution >= 0.6 is 11.3 Å². The summed E-state index contributed by atoms with van der Waals surface area (Å²) in [7, 11) is 0. The molecule has 4 N–H and O–H groups in total. The summed E-state index contributed by atoms with van der Waals surface area (Å²) >= 11 is 1.36. The van der Waals surface area contributed by atoms with Crippen molar-refractivity contribution >= 4 is 38.9 Å². The van der Waals surface area contributed by atoms with Crippen molar-refractivity contribution in [2.24, 2.45) is 5.73 Å². The SMILES string of the molecule is CCN(CC(N)=O)C(=O)c1sc2c(C)cccc2c1N. The van der Waals surface area contributed by atoms with E-state index in [4.69, 9.17) is 11.5 Å². The van der Waals surface area contributed by atoms with Crippen molar-refractivity contribution in [1.82, 2.24) is 4.90 Å². The summed E-state index contributed by atoms with van der Waals surface area (Å²) in [4.78, 5) is 25.3. The van der Waals surface area contributed by atoms with Crippen LogP contribution in [-0.2, 0) is 4.79 Å². The molecule has 1 aromatic carbocycles. The van der Waals surface area contributed by atoms with E-state index in [1.54, 1.807) is 6.92 Å². The van der Waals surface area contributed by atoms with E-state index in [0.717, 1.165) is 15.6 Å². The Morgan fingerprint density at radius 3 is 2.60 bits per heavy atom. The number of nitrogens with zero attached hydrogens (tertiary/aromatic N) is 1. The number of hydrogen-bond acceptors (Lipinski definition) is 4. The highest BCUT2D eigenvalue weighted by Crippen LogP contribution is 2.36. The van der Waals surface area contributed by atoms with E-state index >= 15 is 0 Å². The first-order chi connectivity index (χ1) is 9.45. The number of primary amides is 1. The Labute approximate surface area is 121 Å². The molecule has 2 rings (SSSR count). The number of hydrogen-bond donors (Lipinski definition) is 2. The van der Waals surface area contributed by atoms with Gasteiger partial charge in [-0.15, -0.1) is 11.3 Å². The zero-order valence-electron chi connectivity index (χ0n) is 11.5. The van der Waals surface area contributed by atoms with E-state index < -0.39 is 5.91 Å². The maximum Gasteiger partial charge on any atom is 0.266 e. The highest BCUT2D eigenvalue weighted by atomic mass is 32.1. The van der Waals surface area contributed by atoms with Gasteiger partial charge in [-0.05, 0) is 19.4 Å². The lowest BCUT2D eigenvalue weighted by atomic mass is 10.1. The topological polar surface area (TPSA) is 89.4 Å². The average Bonchev–Trinajstić information content (AvgIpc) is 2.74. The average molecular weight is 291 g/mol. The second-order valence-electron chi connectivity index (χ2n) is 4.58. The predicted octanol–water partition coefficient (Wildman–Crippen LogP) is 1.74. The molecule has 0 saturated heterocycles. The number of aryl methyl sites for hydroxylation is 1. The molecule has 0 aliphatic carbocycles. The Morgan fingerprint density at radius 2 is 2.05 bits per heavy atom. The van der Waals surface area contributed by atoms with Crippen molar-refractivity contribution in [1.29, 1.82) is 0 Å². The number of likely N-dealkylation sites (N-methyl/N-ethyl adjacent to an activating group) is 1. The zero-order valence-corrected chi connectivity index (χ0v) is 12.3. The standard InChI is InChI=1S/C14H17N3O2S/c1-3-17(7-10(15)18)14(19)13-11(16)9-6-4-5-8(2)12(9)20-13/h4-6H,3,7,16H2,1-2H3,(H2,15,18). The van der Waals surface area contributed by atoms with Crippen molar-refractivity contribution in [3.05, 3.63) is 28.6 Å². The van der Waals surface area contributed by atoms with E-state index in [2.05, 4.69) is 0 Å². The van der Waals surface area contributed by atoms with Gasteiger partial charge in [0, 0.05) is 16.6 Å². The molecular weight excluding hydrogens is 274 g/mol. The second kappa shape index (κ2) is 5.50. The third-order valence-corrected chi connectivity index (χ3v) is 4.51. The number of carbonyl (C=O) groups excluding carboxylic acids is 2. The number of fused-ring (bicyclic) bond motifs is 1. The molecule has 0 unspecified atom stereocenters. The minimum Gasteiger partial charge on any atom is -0.397 e. The molecule has 1 heterocycles. The fraction of sp³-hybridized carbons (Fsp3) is 0.286. The van der Waals surface area contributed by atoms with Gasteiger partial charge in [-0.25, -0.2) is 0 Å². The largest absolute Gasteiger partial charge is 0.397 e. The van der Waals surface area contributed by atoms with E-state index in [0.29, 0.717) is 17.1 Å². The first kappa shape index (κ1) is 14.3. The minimum atomic E-state index is -0.531. The fourth-order valence-corrected chi connectivity index (χ4v) is 3.25. The first-order valence-corrected chi connectivity index (χ1v) is 7.12. The third kappa shape index (κ3) is 2.46. The zero-order chi connectivity index (χ0) is 14.9. The number of benzene rings is 1. The highest BCUT2D eigenvalue weighted by Gasteiger charge is 2.22. The Kier molecular flexibility index (Phi) is 3.94. The van der Waals surface area contributed by atoms with Crippen LogP contribution in [0.2, 0.25) is 0 Å². The number of carbonyl (C=O) groups is 2. The number of rotatable bonds is 4. The van der Waals surface area contributed by atoms with Crippen LogP contribution in [0.4, 0.5) is 5.69 Å². The molecule has 5 nitrogen and oxygen atoms in total. The monoisotopic (exact) mass is 291 g/mol. The van der Waals surface area contributed by atoms with Gasteiger partial charge in [-0.3, -0.25) is 9.59 Å². The van der Waals surface area contributed by atoms with Crippen molar-refractivity contribution in [2.45, 2.75) is 13.8 Å². The molecule has 0 aliphatic heterocycles. The van der Waals surface area contributed by atoms with Gasteiger partial charge >= 0.3 is 0 Å². The molecule has 0 fully saturated rings. The maximum atomic E-state index is 12.5. The van der Waals surface area contributed by atoms with Gasteiger partial charge in [0.2, 0.25) is 5.91 Å². The third-order valence-electron chi connectivity index (χ3n) is 3.16. The van der Waals surface area contributed by atoms with Crippen molar-refractivity contribution in [3.8, 4) is 0 Å². The molecule has 0 saturated carbocycles. The summed E-state index contributed by atoms with van der Waals surface area (Å²) in [6.45, 7) is 4.10. The van der Waals surface area contributed by atoms with E-state index in [1.807, 2.05) is 25.1 Å². The molecule has 106 valence electrons. The van der Waals surface area contributed by atoms with Crippen molar-refractivity contribution < 1.29 is 9.59 Å². The summed E-state index contributed by atoms with van der Waals surface area (Å²) in [5.74, 6) is -0.777. The van der Waals surface area contributed by atoms with Gasteiger partial charge in [-0.2, -0.15) is 0 Å². The number of nitrogens with two attached hydrogens (primary N) is 2. The second-order valence-corrected chi connectivity index (χ2v) is 5.60. The van der Waals surface area contributed by atoms with E-state index in [1.165, 1.54) is 16.2 Å². The van der Waals surface area contributed by atoms with Gasteiger partial charge < -0.3 is 16.4 Å². The van der Waals surface area contributed by atoms with Crippen LogP contribution in [0.3, 0.4) is 0 Å². The molecule has 0 atom stereocenters. The molecular formula is C14H17N3O2S. The Hall–Kier alpha value is -2.08. The lowest BCUT2D eigenvalue weighted by molar-refractivity contribution is -0.118.